The van der Waals surface area contributed by atoms with Crippen LogP contribution in [0.1, 0.15) is 13.3 Å². The van der Waals surface area contributed by atoms with E-state index in [0.29, 0.717) is 22.8 Å². The number of carbonyl (C=O) groups is 2. The molecule has 1 aliphatic rings. The number of amides is 1. The molecule has 2 heterocycles. The molecule has 0 atom stereocenters. The molecule has 1 aromatic heterocycles. The number of anilines is 1. The zero-order valence-electron chi connectivity index (χ0n) is 10.4. The highest BCUT2D eigenvalue weighted by molar-refractivity contribution is 9.10. The Kier molecular flexibility index (Phi) is 4.36. The molecule has 0 bridgehead atoms. The highest BCUT2D eigenvalue weighted by atomic mass is 79.9. The fourth-order valence-corrected chi connectivity index (χ4v) is 1.91. The maximum Gasteiger partial charge on any atom is 0.326 e. The van der Waals surface area contributed by atoms with E-state index in [0.717, 1.165) is 6.42 Å². The highest BCUT2D eigenvalue weighted by Crippen LogP contribution is 2.31. The number of esters is 1. The molecule has 1 amide bonds. The van der Waals surface area contributed by atoms with Crippen LogP contribution in [0.5, 0.6) is 5.75 Å². The molecule has 1 aromatic rings. The van der Waals surface area contributed by atoms with Gasteiger partial charge in [0.15, 0.2) is 18.2 Å². The van der Waals surface area contributed by atoms with Crippen LogP contribution < -0.4 is 9.64 Å². The van der Waals surface area contributed by atoms with Crippen LogP contribution in [-0.4, -0.2) is 36.6 Å². The molecule has 0 saturated carbocycles. The van der Waals surface area contributed by atoms with Gasteiger partial charge in [0.2, 0.25) is 0 Å². The highest BCUT2D eigenvalue weighted by Gasteiger charge is 2.29. The van der Waals surface area contributed by atoms with E-state index in [9.17, 15) is 9.59 Å². The van der Waals surface area contributed by atoms with Crippen molar-refractivity contribution in [3.63, 3.8) is 0 Å². The van der Waals surface area contributed by atoms with Gasteiger partial charge in [-0.1, -0.05) is 6.92 Å². The predicted octanol–water partition coefficient (Wildman–Crippen LogP) is 1.52. The van der Waals surface area contributed by atoms with Gasteiger partial charge in [0.1, 0.15) is 11.1 Å². The monoisotopic (exact) mass is 328 g/mol. The minimum atomic E-state index is -0.454. The number of rotatable bonds is 4. The molecule has 0 radical (unpaired) electrons. The number of aromatic nitrogens is 1. The summed E-state index contributed by atoms with van der Waals surface area (Å²) in [5, 5.41) is 0. The summed E-state index contributed by atoms with van der Waals surface area (Å²) >= 11 is 3.23. The quantitative estimate of drug-likeness (QED) is 0.619. The Labute approximate surface area is 118 Å². The number of hydrogen-bond acceptors (Lipinski definition) is 5. The van der Waals surface area contributed by atoms with Crippen molar-refractivity contribution in [1.29, 1.82) is 0 Å². The Balaban J connectivity index is 2.18. The lowest BCUT2D eigenvalue weighted by atomic mass is 10.3. The summed E-state index contributed by atoms with van der Waals surface area (Å²) in [5.74, 6) is 0.0431. The van der Waals surface area contributed by atoms with Gasteiger partial charge in [-0.2, -0.15) is 0 Å². The summed E-state index contributed by atoms with van der Waals surface area (Å²) in [6.45, 7) is 1.99. The van der Waals surface area contributed by atoms with Crippen LogP contribution in [0.4, 0.5) is 5.82 Å². The summed E-state index contributed by atoms with van der Waals surface area (Å²) < 4.78 is 10.8. The third-order valence-corrected chi connectivity index (χ3v) is 2.91. The van der Waals surface area contributed by atoms with E-state index >= 15 is 0 Å². The van der Waals surface area contributed by atoms with E-state index in [1.165, 1.54) is 4.90 Å². The number of nitrogens with zero attached hydrogens (tertiary/aromatic N) is 2. The van der Waals surface area contributed by atoms with Gasteiger partial charge < -0.3 is 9.47 Å². The average molecular weight is 329 g/mol. The maximum atomic E-state index is 11.8. The Bertz CT molecular complexity index is 507. The van der Waals surface area contributed by atoms with Crippen LogP contribution in [0.2, 0.25) is 0 Å². The van der Waals surface area contributed by atoms with E-state index in [1.54, 1.807) is 12.1 Å². The van der Waals surface area contributed by atoms with Gasteiger partial charge >= 0.3 is 5.97 Å². The van der Waals surface area contributed by atoms with Crippen LogP contribution in [0.15, 0.2) is 16.7 Å². The van der Waals surface area contributed by atoms with Gasteiger partial charge in [-0.3, -0.25) is 14.5 Å². The van der Waals surface area contributed by atoms with Gasteiger partial charge in [0.25, 0.3) is 5.91 Å². The summed E-state index contributed by atoms with van der Waals surface area (Å²) in [6, 6.07) is 3.41. The molecule has 6 nitrogen and oxygen atoms in total. The number of fused-ring (bicyclic) bond motifs is 1. The first-order valence-electron chi connectivity index (χ1n) is 5.87. The molecule has 0 spiro atoms. The summed E-state index contributed by atoms with van der Waals surface area (Å²) in [4.78, 5) is 28.9. The van der Waals surface area contributed by atoms with Gasteiger partial charge in [0.05, 0.1) is 6.61 Å². The molecule has 102 valence electrons. The summed E-state index contributed by atoms with van der Waals surface area (Å²) in [7, 11) is 0. The molecule has 1 aliphatic heterocycles. The van der Waals surface area contributed by atoms with Crippen molar-refractivity contribution in [1.82, 2.24) is 4.98 Å². The average Bonchev–Trinajstić information content (AvgIpc) is 2.40. The lowest BCUT2D eigenvalue weighted by molar-refractivity contribution is -0.143. The Morgan fingerprint density at radius 1 is 1.58 bits per heavy atom. The lowest BCUT2D eigenvalue weighted by Gasteiger charge is -2.27. The zero-order valence-corrected chi connectivity index (χ0v) is 12.0. The normalized spacial score (nSPS) is 13.8. The van der Waals surface area contributed by atoms with E-state index in [1.807, 2.05) is 6.92 Å². The van der Waals surface area contributed by atoms with Crippen molar-refractivity contribution in [3.8, 4) is 5.75 Å². The fraction of sp³-hybridized carbons (Fsp3) is 0.417. The minimum absolute atomic E-state index is 0.0998. The molecule has 2 rings (SSSR count). The van der Waals surface area contributed by atoms with E-state index in [4.69, 9.17) is 9.47 Å². The van der Waals surface area contributed by atoms with E-state index in [-0.39, 0.29) is 19.1 Å². The fourth-order valence-electron chi connectivity index (χ4n) is 1.61. The smallest absolute Gasteiger partial charge is 0.326 e. The van der Waals surface area contributed by atoms with E-state index in [2.05, 4.69) is 20.9 Å². The summed E-state index contributed by atoms with van der Waals surface area (Å²) in [6.07, 6.45) is 0.739. The van der Waals surface area contributed by atoms with Crippen LogP contribution in [-0.2, 0) is 14.3 Å². The van der Waals surface area contributed by atoms with Crippen LogP contribution in [0, 0.1) is 0 Å². The molecular weight excluding hydrogens is 316 g/mol. The first-order valence-corrected chi connectivity index (χ1v) is 6.66. The summed E-state index contributed by atoms with van der Waals surface area (Å²) in [5.41, 5.74) is 0. The van der Waals surface area contributed by atoms with Crippen molar-refractivity contribution < 1.29 is 19.1 Å². The number of carbonyl (C=O) groups excluding carboxylic acids is 2. The molecule has 19 heavy (non-hydrogen) atoms. The number of pyridine rings is 1. The van der Waals surface area contributed by atoms with Gasteiger partial charge in [-0.15, -0.1) is 0 Å². The van der Waals surface area contributed by atoms with E-state index < -0.39 is 5.97 Å². The van der Waals surface area contributed by atoms with Crippen molar-refractivity contribution >= 4 is 33.6 Å². The topological polar surface area (TPSA) is 68.7 Å². The van der Waals surface area contributed by atoms with Gasteiger partial charge in [-0.25, -0.2) is 4.98 Å². The van der Waals surface area contributed by atoms with Crippen LogP contribution in [0.3, 0.4) is 0 Å². The van der Waals surface area contributed by atoms with Crippen molar-refractivity contribution in [3.05, 3.63) is 16.7 Å². The van der Waals surface area contributed by atoms with Crippen molar-refractivity contribution in [2.24, 2.45) is 0 Å². The SMILES string of the molecule is CCCOC(=O)CN1C(=O)COc2ccc(Br)nc21. The molecule has 0 aromatic carbocycles. The first-order chi connectivity index (χ1) is 9.11. The number of halogens is 1. The van der Waals surface area contributed by atoms with Crippen LogP contribution >= 0.6 is 15.9 Å². The molecular formula is C12H13BrN2O4. The van der Waals surface area contributed by atoms with Gasteiger partial charge in [0, 0.05) is 0 Å². The third-order valence-electron chi connectivity index (χ3n) is 2.47. The molecule has 0 fully saturated rings. The lowest BCUT2D eigenvalue weighted by Crippen LogP contribution is -2.43. The maximum absolute atomic E-state index is 11.8. The Morgan fingerprint density at radius 3 is 3.11 bits per heavy atom. The number of hydrogen-bond donors (Lipinski definition) is 0. The second-order valence-corrected chi connectivity index (χ2v) is 4.76. The predicted molar refractivity (Wildman–Crippen MR) is 71.0 cm³/mol. The molecule has 0 saturated heterocycles. The molecule has 0 N–H and O–H groups in total. The van der Waals surface area contributed by atoms with Gasteiger partial charge in [-0.05, 0) is 34.5 Å². The molecule has 0 aliphatic carbocycles. The number of ether oxygens (including phenoxy) is 2. The third kappa shape index (κ3) is 3.23. The largest absolute Gasteiger partial charge is 0.480 e. The second kappa shape index (κ2) is 6.01. The van der Waals surface area contributed by atoms with Crippen LogP contribution in [0.25, 0.3) is 0 Å². The minimum Gasteiger partial charge on any atom is -0.480 e. The first kappa shape index (κ1) is 13.8. The molecule has 7 heteroatoms. The Morgan fingerprint density at radius 2 is 2.37 bits per heavy atom. The molecule has 0 unspecified atom stereocenters. The van der Waals surface area contributed by atoms with Crippen molar-refractivity contribution in [2.75, 3.05) is 24.7 Å². The van der Waals surface area contributed by atoms with Crippen molar-refractivity contribution in [2.45, 2.75) is 13.3 Å². The standard InChI is InChI=1S/C12H13BrN2O4/c1-2-5-18-11(17)6-15-10(16)7-19-8-3-4-9(13)14-12(8)15/h3-4H,2,5-7H2,1H3. The Hall–Kier alpha value is -1.63. The second-order valence-electron chi connectivity index (χ2n) is 3.94. The zero-order chi connectivity index (χ0) is 13.8.